The van der Waals surface area contributed by atoms with Gasteiger partial charge in [0.1, 0.15) is 0 Å². The van der Waals surface area contributed by atoms with Crippen molar-refractivity contribution in [3.05, 3.63) is 0 Å². The van der Waals surface area contributed by atoms with Gasteiger partial charge in [-0.3, -0.25) is 0 Å². The minimum atomic E-state index is -3.04. The molecule has 0 bridgehead atoms. The van der Waals surface area contributed by atoms with Crippen LogP contribution >= 0.6 is 0 Å². The second-order valence-corrected chi connectivity index (χ2v) is 9.58. The molecule has 26 heavy (non-hydrogen) atoms. The van der Waals surface area contributed by atoms with Crippen molar-refractivity contribution in [1.29, 1.82) is 0 Å². The second-order valence-electron chi connectivity index (χ2n) is 7.75. The van der Waals surface area contributed by atoms with Crippen LogP contribution in [0.3, 0.4) is 0 Å². The zero-order valence-corrected chi connectivity index (χ0v) is 18.7. The van der Waals surface area contributed by atoms with E-state index in [2.05, 4.69) is 23.5 Å². The summed E-state index contributed by atoms with van der Waals surface area (Å²) in [6.45, 7) is 8.62. The lowest BCUT2D eigenvalue weighted by Crippen LogP contribution is -2.28. The molecular weight excluding hydrogens is 344 g/mol. The van der Waals surface area contributed by atoms with E-state index in [1.165, 1.54) is 96.4 Å². The quantitative estimate of drug-likeness (QED) is 0.285. The maximum atomic E-state index is 11.1. The summed E-state index contributed by atoms with van der Waals surface area (Å²) in [5.41, 5.74) is 0. The Morgan fingerprint density at radius 1 is 0.615 bits per heavy atom. The van der Waals surface area contributed by atoms with Crippen LogP contribution in [0.15, 0.2) is 0 Å². The Balaban J connectivity index is 3.90. The van der Waals surface area contributed by atoms with E-state index >= 15 is 0 Å². The molecule has 5 heteroatoms. The van der Waals surface area contributed by atoms with Gasteiger partial charge in [0.25, 0.3) is 0 Å². The summed E-state index contributed by atoms with van der Waals surface area (Å²) >= 11 is 0. The van der Waals surface area contributed by atoms with Gasteiger partial charge in [0.05, 0.1) is 6.26 Å². The molecule has 0 aromatic rings. The largest absolute Gasteiger partial charge is 0.303 e. The van der Waals surface area contributed by atoms with Gasteiger partial charge in [0.15, 0.2) is 0 Å². The molecule has 4 nitrogen and oxygen atoms in total. The number of sulfonamides is 1. The minimum absolute atomic E-state index is 0.570. The lowest BCUT2D eigenvalue weighted by Gasteiger charge is -2.22. The monoisotopic (exact) mass is 390 g/mol. The van der Waals surface area contributed by atoms with Crippen molar-refractivity contribution in [2.24, 2.45) is 0 Å². The van der Waals surface area contributed by atoms with Crippen molar-refractivity contribution in [1.82, 2.24) is 9.62 Å². The van der Waals surface area contributed by atoms with Gasteiger partial charge in [-0.1, -0.05) is 78.1 Å². The Morgan fingerprint density at radius 2 is 1.00 bits per heavy atom. The van der Waals surface area contributed by atoms with Crippen molar-refractivity contribution in [3.8, 4) is 0 Å². The first-order valence-corrected chi connectivity index (χ1v) is 13.1. The maximum Gasteiger partial charge on any atom is 0.208 e. The van der Waals surface area contributed by atoms with Crippen LogP contribution in [-0.4, -0.2) is 45.8 Å². The van der Waals surface area contributed by atoms with Gasteiger partial charge in [-0.15, -0.1) is 0 Å². The highest BCUT2D eigenvalue weighted by Gasteiger charge is 2.06. The highest BCUT2D eigenvalue weighted by atomic mass is 32.2. The zero-order valence-electron chi connectivity index (χ0n) is 17.9. The summed E-state index contributed by atoms with van der Waals surface area (Å²) in [6, 6.07) is 0. The molecule has 0 atom stereocenters. The van der Waals surface area contributed by atoms with E-state index in [1.54, 1.807) is 0 Å². The van der Waals surface area contributed by atoms with E-state index in [9.17, 15) is 8.42 Å². The highest BCUT2D eigenvalue weighted by molar-refractivity contribution is 7.88. The first-order valence-electron chi connectivity index (χ1n) is 11.2. The average Bonchev–Trinajstić information content (AvgIpc) is 2.58. The van der Waals surface area contributed by atoms with E-state index in [0.29, 0.717) is 6.54 Å². The van der Waals surface area contributed by atoms with Crippen LogP contribution in [0.5, 0.6) is 0 Å². The van der Waals surface area contributed by atoms with Crippen molar-refractivity contribution in [3.63, 3.8) is 0 Å². The number of unbranched alkanes of at least 4 members (excludes halogenated alkanes) is 11. The SMILES string of the molecule is CCCCCCCCN(CCCCCCCC)CCCCNS(C)(=O)=O. The molecule has 0 amide bonds. The number of rotatable bonds is 20. The number of hydrogen-bond acceptors (Lipinski definition) is 3. The fourth-order valence-corrected chi connectivity index (χ4v) is 3.80. The average molecular weight is 391 g/mol. The van der Waals surface area contributed by atoms with Crippen LogP contribution in [0.2, 0.25) is 0 Å². The molecule has 0 unspecified atom stereocenters. The molecule has 0 spiro atoms. The molecule has 0 aromatic carbocycles. The molecule has 0 heterocycles. The van der Waals surface area contributed by atoms with Gasteiger partial charge in [0, 0.05) is 6.54 Å². The Morgan fingerprint density at radius 3 is 1.42 bits per heavy atom. The van der Waals surface area contributed by atoms with Crippen LogP contribution in [-0.2, 0) is 10.0 Å². The smallest absolute Gasteiger partial charge is 0.208 e. The summed E-state index contributed by atoms with van der Waals surface area (Å²) in [6.07, 6.45) is 19.4. The molecule has 0 aromatic heterocycles. The Labute approximate surface area is 164 Å². The molecular formula is C21H46N2O2S. The molecule has 0 saturated heterocycles. The number of nitrogens with zero attached hydrogens (tertiary/aromatic N) is 1. The van der Waals surface area contributed by atoms with Crippen LogP contribution in [0.1, 0.15) is 104 Å². The molecule has 0 saturated carbocycles. The van der Waals surface area contributed by atoms with Gasteiger partial charge in [-0.2, -0.15) is 0 Å². The van der Waals surface area contributed by atoms with Crippen molar-refractivity contribution in [2.75, 3.05) is 32.4 Å². The summed E-state index contributed by atoms with van der Waals surface area (Å²) in [5, 5.41) is 0. The van der Waals surface area contributed by atoms with Gasteiger partial charge in [-0.25, -0.2) is 13.1 Å². The predicted molar refractivity (Wildman–Crippen MR) is 115 cm³/mol. The highest BCUT2D eigenvalue weighted by Crippen LogP contribution is 2.09. The normalized spacial score (nSPS) is 12.2. The minimum Gasteiger partial charge on any atom is -0.303 e. The van der Waals surface area contributed by atoms with E-state index < -0.39 is 10.0 Å². The molecule has 1 N–H and O–H groups in total. The third kappa shape index (κ3) is 20.2. The van der Waals surface area contributed by atoms with Gasteiger partial charge in [0.2, 0.25) is 10.0 Å². The Kier molecular flexibility index (Phi) is 18.2. The Hall–Kier alpha value is -0.130. The van der Waals surface area contributed by atoms with Gasteiger partial charge in [-0.05, 0) is 45.3 Å². The molecule has 0 radical (unpaired) electrons. The zero-order chi connectivity index (χ0) is 19.5. The summed E-state index contributed by atoms with van der Waals surface area (Å²) in [7, 11) is -3.04. The van der Waals surface area contributed by atoms with E-state index in [-0.39, 0.29) is 0 Å². The molecule has 0 aliphatic carbocycles. The van der Waals surface area contributed by atoms with Gasteiger partial charge >= 0.3 is 0 Å². The van der Waals surface area contributed by atoms with Gasteiger partial charge < -0.3 is 4.90 Å². The number of hydrogen-bond donors (Lipinski definition) is 1. The lowest BCUT2D eigenvalue weighted by atomic mass is 10.1. The van der Waals surface area contributed by atoms with E-state index in [1.807, 2.05) is 0 Å². The molecule has 0 aliphatic heterocycles. The van der Waals surface area contributed by atoms with E-state index in [0.717, 1.165) is 19.4 Å². The molecule has 158 valence electrons. The summed E-state index contributed by atoms with van der Waals surface area (Å²) in [4.78, 5) is 2.61. The lowest BCUT2D eigenvalue weighted by molar-refractivity contribution is 0.255. The third-order valence-electron chi connectivity index (χ3n) is 4.92. The van der Waals surface area contributed by atoms with Crippen LogP contribution in [0, 0.1) is 0 Å². The standard InChI is InChI=1S/C21H46N2O2S/c1-4-6-8-10-12-15-19-23(20-16-13-11-9-7-5-2)21-17-14-18-22-26(3,24)25/h22H,4-21H2,1-3H3. The molecule has 0 rings (SSSR count). The first kappa shape index (κ1) is 25.9. The summed E-state index contributed by atoms with van der Waals surface area (Å²) < 4.78 is 24.8. The fraction of sp³-hybridized carbons (Fsp3) is 1.00. The molecule has 0 fully saturated rings. The summed E-state index contributed by atoms with van der Waals surface area (Å²) in [5.74, 6) is 0. The van der Waals surface area contributed by atoms with Crippen molar-refractivity contribution >= 4 is 10.0 Å². The maximum absolute atomic E-state index is 11.1. The van der Waals surface area contributed by atoms with Crippen molar-refractivity contribution in [2.45, 2.75) is 104 Å². The van der Waals surface area contributed by atoms with E-state index in [4.69, 9.17) is 0 Å². The van der Waals surface area contributed by atoms with Crippen molar-refractivity contribution < 1.29 is 8.42 Å². The molecule has 0 aliphatic rings. The fourth-order valence-electron chi connectivity index (χ4n) is 3.28. The second kappa shape index (κ2) is 18.2. The van der Waals surface area contributed by atoms with Crippen LogP contribution in [0.25, 0.3) is 0 Å². The van der Waals surface area contributed by atoms with Crippen LogP contribution < -0.4 is 4.72 Å². The number of nitrogens with one attached hydrogen (secondary N) is 1. The predicted octanol–water partition coefficient (Wildman–Crippen LogP) is 5.34. The topological polar surface area (TPSA) is 49.4 Å². The van der Waals surface area contributed by atoms with Crippen LogP contribution in [0.4, 0.5) is 0 Å². The Bertz CT molecular complexity index is 369. The first-order chi connectivity index (χ1) is 12.5. The third-order valence-corrected chi connectivity index (χ3v) is 5.65.